The summed E-state index contributed by atoms with van der Waals surface area (Å²) in [6.45, 7) is 8.13. The fourth-order valence-electron chi connectivity index (χ4n) is 9.51. The van der Waals surface area contributed by atoms with Crippen molar-refractivity contribution in [3.8, 4) is 55.6 Å². The molecule has 3 aliphatic rings. The molecule has 0 fully saturated rings. The predicted octanol–water partition coefficient (Wildman–Crippen LogP) is 14.0. The van der Waals surface area contributed by atoms with E-state index in [1.807, 2.05) is 19.9 Å². The first kappa shape index (κ1) is 35.4. The number of fused-ring (bicyclic) bond motifs is 6. The summed E-state index contributed by atoms with van der Waals surface area (Å²) in [4.78, 5) is 0. The van der Waals surface area contributed by atoms with Gasteiger partial charge >= 0.3 is 0 Å². The van der Waals surface area contributed by atoms with Gasteiger partial charge in [0.25, 0.3) is 0 Å². The Balaban J connectivity index is 0.00000201. The van der Waals surface area contributed by atoms with Crippen molar-refractivity contribution in [2.75, 3.05) is 0 Å². The maximum atomic E-state index is 4.13. The Hall–Kier alpha value is -7.02. The molecule has 0 atom stereocenters. The zero-order chi connectivity index (χ0) is 39.2. The van der Waals surface area contributed by atoms with Gasteiger partial charge in [-0.05, 0) is 147 Å². The highest BCUT2D eigenvalue weighted by Gasteiger charge is 2.24. The van der Waals surface area contributed by atoms with Gasteiger partial charge in [-0.3, -0.25) is 0 Å². The van der Waals surface area contributed by atoms with Gasteiger partial charge in [-0.25, -0.2) is 0 Å². The zero-order valence-corrected chi connectivity index (χ0v) is 33.1. The monoisotopic (exact) mass is 740 g/mol. The highest BCUT2D eigenvalue weighted by atomic mass is 14.3. The largest absolute Gasteiger partial charge is 0.0985 e. The maximum absolute atomic E-state index is 4.13. The van der Waals surface area contributed by atoms with Crippen molar-refractivity contribution in [2.45, 2.75) is 26.7 Å². The molecule has 3 aliphatic carbocycles. The quantitative estimate of drug-likeness (QED) is 0.143. The molecule has 58 heavy (non-hydrogen) atoms. The standard InChI is InChI=1S/C56H38.C2H6/c1-2-37(38-15-4-3-5-16-38)29-28-36-14-10-17-39(32-36)40-33-41(43-22-11-25-51-45-18-6-7-19-46(45)52-26-12-23-49(43)55(51)52)35-42(34-40)44-30-31-54-48-21-9-8-20-47(48)53-27-13-24-50(44)56(53)54;1-2/h2-24,26-27,29-35H,1,25,28H2;1-2H3/b37-29+;. The highest BCUT2D eigenvalue weighted by molar-refractivity contribution is 6.18. The molecule has 0 heterocycles. The Morgan fingerprint density at radius 3 is 1.93 bits per heavy atom. The number of benzene rings is 8. The normalized spacial score (nSPS) is 13.0. The van der Waals surface area contributed by atoms with Crippen LogP contribution in [0.3, 0.4) is 0 Å². The van der Waals surface area contributed by atoms with Gasteiger partial charge in [0.2, 0.25) is 0 Å². The lowest BCUT2D eigenvalue weighted by Crippen LogP contribution is -2.28. The van der Waals surface area contributed by atoms with Gasteiger partial charge in [0, 0.05) is 0 Å². The van der Waals surface area contributed by atoms with Crippen LogP contribution in [-0.4, -0.2) is 0 Å². The molecule has 0 aromatic heterocycles. The summed E-state index contributed by atoms with van der Waals surface area (Å²) in [6.07, 6.45) is 10.7. The molecule has 0 amide bonds. The van der Waals surface area contributed by atoms with Crippen molar-refractivity contribution in [1.82, 2.24) is 0 Å². The number of allylic oxidation sites excluding steroid dienone is 5. The third-order valence-corrected chi connectivity index (χ3v) is 12.1. The van der Waals surface area contributed by atoms with E-state index in [0.29, 0.717) is 0 Å². The van der Waals surface area contributed by atoms with Crippen molar-refractivity contribution >= 4 is 27.5 Å². The van der Waals surface area contributed by atoms with Crippen LogP contribution >= 0.6 is 0 Å². The molecule has 0 unspecified atom stereocenters. The summed E-state index contributed by atoms with van der Waals surface area (Å²) < 4.78 is 0. The van der Waals surface area contributed by atoms with Crippen LogP contribution in [0, 0.1) is 0 Å². The molecule has 276 valence electrons. The van der Waals surface area contributed by atoms with E-state index in [0.717, 1.165) is 18.4 Å². The van der Waals surface area contributed by atoms with Gasteiger partial charge in [0.1, 0.15) is 0 Å². The minimum Gasteiger partial charge on any atom is -0.0985 e. The average Bonchev–Trinajstić information content (AvgIpc) is 3.71. The molecule has 0 saturated heterocycles. The Labute approximate surface area is 341 Å². The average molecular weight is 741 g/mol. The molecule has 8 aromatic carbocycles. The van der Waals surface area contributed by atoms with E-state index in [4.69, 9.17) is 0 Å². The van der Waals surface area contributed by atoms with E-state index >= 15 is 0 Å². The van der Waals surface area contributed by atoms with Crippen LogP contribution in [-0.2, 0) is 6.42 Å². The van der Waals surface area contributed by atoms with Crippen LogP contribution in [0.4, 0.5) is 0 Å². The molecule has 0 aliphatic heterocycles. The molecule has 0 spiro atoms. The summed E-state index contributed by atoms with van der Waals surface area (Å²) in [5.74, 6) is 0. The third-order valence-electron chi connectivity index (χ3n) is 12.1. The van der Waals surface area contributed by atoms with Gasteiger partial charge in [-0.15, -0.1) is 0 Å². The van der Waals surface area contributed by atoms with Gasteiger partial charge in [-0.2, -0.15) is 0 Å². The van der Waals surface area contributed by atoms with Gasteiger partial charge in [-0.1, -0.05) is 196 Å². The molecule has 0 radical (unpaired) electrons. The first-order valence-electron chi connectivity index (χ1n) is 20.6. The Morgan fingerprint density at radius 2 is 1.14 bits per heavy atom. The summed E-state index contributed by atoms with van der Waals surface area (Å²) >= 11 is 0. The van der Waals surface area contributed by atoms with E-state index in [1.54, 1.807) is 0 Å². The van der Waals surface area contributed by atoms with E-state index in [2.05, 4.69) is 195 Å². The highest BCUT2D eigenvalue weighted by Crippen LogP contribution is 2.49. The zero-order valence-electron chi connectivity index (χ0n) is 33.1. The molecule has 8 aromatic rings. The van der Waals surface area contributed by atoms with Gasteiger partial charge in [0.15, 0.2) is 0 Å². The third kappa shape index (κ3) is 5.84. The molecule has 0 heteroatoms. The fraction of sp³-hybridized carbons (Fsp3) is 0.0690. The minimum atomic E-state index is 0.821. The van der Waals surface area contributed by atoms with Crippen molar-refractivity contribution in [2.24, 2.45) is 0 Å². The Kier molecular flexibility index (Phi) is 9.04. The number of rotatable bonds is 7. The van der Waals surface area contributed by atoms with Crippen molar-refractivity contribution in [3.63, 3.8) is 0 Å². The SMILES string of the molecule is C=C/C(=C\Cc1cccc(-c2cc(C3=c4cccc5c4=C(CC=C3)c3ccccc3-5)cc(-c3ccc4c5c(cccc35)-c3ccccc3-4)c2)c1)c1ccccc1.CC. The fourth-order valence-corrected chi connectivity index (χ4v) is 9.51. The molecule has 0 saturated carbocycles. The summed E-state index contributed by atoms with van der Waals surface area (Å²) in [5.41, 5.74) is 21.8. The van der Waals surface area contributed by atoms with E-state index in [-0.39, 0.29) is 0 Å². The summed E-state index contributed by atoms with van der Waals surface area (Å²) in [5, 5.41) is 5.33. The van der Waals surface area contributed by atoms with Gasteiger partial charge in [0.05, 0.1) is 0 Å². The predicted molar refractivity (Wildman–Crippen MR) is 249 cm³/mol. The lowest BCUT2D eigenvalue weighted by Gasteiger charge is -2.15. The first-order chi connectivity index (χ1) is 28.7. The second-order valence-corrected chi connectivity index (χ2v) is 15.1. The van der Waals surface area contributed by atoms with Crippen molar-refractivity contribution in [3.05, 3.63) is 233 Å². The number of hydrogen-bond donors (Lipinski definition) is 0. The second kappa shape index (κ2) is 14.8. The van der Waals surface area contributed by atoms with Crippen LogP contribution in [0.15, 0.2) is 201 Å². The first-order valence-corrected chi connectivity index (χ1v) is 20.6. The Morgan fingerprint density at radius 1 is 0.517 bits per heavy atom. The van der Waals surface area contributed by atoms with E-state index in [9.17, 15) is 0 Å². The maximum Gasteiger partial charge on any atom is -0.00201 e. The van der Waals surface area contributed by atoms with Gasteiger partial charge < -0.3 is 0 Å². The smallest absolute Gasteiger partial charge is 0.00201 e. The van der Waals surface area contributed by atoms with E-state index in [1.165, 1.54) is 110 Å². The topological polar surface area (TPSA) is 0 Å². The van der Waals surface area contributed by atoms with Crippen LogP contribution in [0.25, 0.3) is 83.1 Å². The van der Waals surface area contributed by atoms with Crippen LogP contribution in [0.5, 0.6) is 0 Å². The van der Waals surface area contributed by atoms with E-state index < -0.39 is 0 Å². The molecular formula is C58H44. The van der Waals surface area contributed by atoms with Crippen molar-refractivity contribution in [1.29, 1.82) is 0 Å². The molecule has 11 rings (SSSR count). The summed E-state index contributed by atoms with van der Waals surface area (Å²) in [6, 6.07) is 63.0. The summed E-state index contributed by atoms with van der Waals surface area (Å²) in [7, 11) is 0. The number of hydrogen-bond acceptors (Lipinski definition) is 0. The molecule has 0 nitrogen and oxygen atoms in total. The lowest BCUT2D eigenvalue weighted by atomic mass is 9.88. The minimum absolute atomic E-state index is 0.821. The molecule has 0 N–H and O–H groups in total. The van der Waals surface area contributed by atoms with Crippen LogP contribution in [0.2, 0.25) is 0 Å². The molecule has 0 bridgehead atoms. The van der Waals surface area contributed by atoms with Crippen LogP contribution < -0.4 is 10.4 Å². The second-order valence-electron chi connectivity index (χ2n) is 15.1. The van der Waals surface area contributed by atoms with Crippen molar-refractivity contribution < 1.29 is 0 Å². The Bertz CT molecular complexity index is 3100. The van der Waals surface area contributed by atoms with Crippen LogP contribution in [0.1, 0.15) is 42.5 Å². The molecular weight excluding hydrogens is 697 g/mol. The lowest BCUT2D eigenvalue weighted by molar-refractivity contribution is 1.27.